The Morgan fingerprint density at radius 3 is 2.74 bits per heavy atom. The number of para-hydroxylation sites is 1. The number of benzene rings is 1. The van der Waals surface area contributed by atoms with Crippen molar-refractivity contribution in [2.45, 2.75) is 0 Å². The summed E-state index contributed by atoms with van der Waals surface area (Å²) >= 11 is 0. The Hall–Kier alpha value is -2.94. The third kappa shape index (κ3) is 2.84. The molecular weight excluding hydrogens is 244 g/mol. The zero-order chi connectivity index (χ0) is 13.7. The van der Waals surface area contributed by atoms with Crippen LogP contribution < -0.4 is 0 Å². The highest BCUT2D eigenvalue weighted by Crippen LogP contribution is 2.09. The molecule has 0 aliphatic heterocycles. The highest BCUT2D eigenvalue weighted by molar-refractivity contribution is 5.86. The molecule has 0 spiro atoms. The minimum Gasteiger partial charge on any atom is -0.466 e. The second-order valence-corrected chi connectivity index (χ2v) is 3.53. The summed E-state index contributed by atoms with van der Waals surface area (Å²) in [6.45, 7) is 0. The van der Waals surface area contributed by atoms with E-state index in [-0.39, 0.29) is 5.69 Å². The van der Waals surface area contributed by atoms with E-state index in [0.717, 1.165) is 5.69 Å². The summed E-state index contributed by atoms with van der Waals surface area (Å²) in [5, 5.41) is 17.2. The van der Waals surface area contributed by atoms with Crippen LogP contribution in [0.25, 0.3) is 11.8 Å². The van der Waals surface area contributed by atoms with Gasteiger partial charge in [-0.3, -0.25) is 0 Å². The van der Waals surface area contributed by atoms with Crippen LogP contribution in [0.5, 0.6) is 0 Å². The van der Waals surface area contributed by atoms with Crippen LogP contribution in [-0.4, -0.2) is 28.1 Å². The van der Waals surface area contributed by atoms with Gasteiger partial charge in [-0.25, -0.2) is 4.79 Å². The Kier molecular flexibility index (Phi) is 3.69. The van der Waals surface area contributed by atoms with Gasteiger partial charge in [0.1, 0.15) is 11.8 Å². The number of hydrogen-bond acceptors (Lipinski definition) is 5. The summed E-state index contributed by atoms with van der Waals surface area (Å²) < 4.78 is 4.47. The third-order valence-electron chi connectivity index (χ3n) is 2.31. The average molecular weight is 254 g/mol. The molecule has 6 heteroatoms. The number of rotatable bonds is 3. The summed E-state index contributed by atoms with van der Waals surface area (Å²) in [5.74, 6) is -0.516. The predicted molar refractivity (Wildman–Crippen MR) is 67.1 cm³/mol. The fourth-order valence-electron chi connectivity index (χ4n) is 1.40. The molecule has 2 aromatic rings. The average Bonchev–Trinajstić information content (AvgIpc) is 2.89. The van der Waals surface area contributed by atoms with E-state index in [4.69, 9.17) is 5.26 Å². The van der Waals surface area contributed by atoms with Crippen molar-refractivity contribution in [2.24, 2.45) is 0 Å². The van der Waals surface area contributed by atoms with Gasteiger partial charge in [0.2, 0.25) is 0 Å². The molecule has 0 fully saturated rings. The minimum absolute atomic E-state index is 0.143. The van der Waals surface area contributed by atoms with Crippen molar-refractivity contribution in [1.29, 1.82) is 5.26 Å². The van der Waals surface area contributed by atoms with Crippen molar-refractivity contribution in [3.63, 3.8) is 0 Å². The Bertz CT molecular complexity index is 653. The van der Waals surface area contributed by atoms with Gasteiger partial charge in [0.05, 0.1) is 12.8 Å². The highest BCUT2D eigenvalue weighted by Gasteiger charge is 2.09. The maximum Gasteiger partial charge on any atom is 0.330 e. The van der Waals surface area contributed by atoms with Crippen molar-refractivity contribution in [1.82, 2.24) is 15.0 Å². The van der Waals surface area contributed by atoms with Crippen LogP contribution in [0.15, 0.2) is 36.4 Å². The topological polar surface area (TPSA) is 80.8 Å². The van der Waals surface area contributed by atoms with Crippen molar-refractivity contribution in [3.8, 4) is 11.8 Å². The SMILES string of the molecule is COC(=O)/C=C\c1nn(-c2ccccc2)nc1C#N. The molecule has 19 heavy (non-hydrogen) atoms. The summed E-state index contributed by atoms with van der Waals surface area (Å²) in [5.41, 5.74) is 1.19. The first-order chi connectivity index (χ1) is 9.24. The number of carbonyl (C=O) groups is 1. The Morgan fingerprint density at radius 2 is 2.11 bits per heavy atom. The standard InChI is InChI=1S/C13H10N4O2/c1-19-13(18)8-7-11-12(9-14)16-17(15-11)10-5-3-2-4-6-10/h2-8H,1H3/b8-7-. The van der Waals surface area contributed by atoms with Gasteiger partial charge in [-0.2, -0.15) is 5.26 Å². The summed E-state index contributed by atoms with van der Waals surface area (Å²) in [4.78, 5) is 12.4. The molecule has 1 heterocycles. The number of aromatic nitrogens is 3. The molecule has 6 nitrogen and oxygen atoms in total. The maximum atomic E-state index is 11.0. The smallest absolute Gasteiger partial charge is 0.330 e. The van der Waals surface area contributed by atoms with Gasteiger partial charge >= 0.3 is 5.97 Å². The van der Waals surface area contributed by atoms with Gasteiger partial charge in [-0.05, 0) is 18.2 Å². The van der Waals surface area contributed by atoms with E-state index in [1.807, 2.05) is 36.4 Å². The predicted octanol–water partition coefficient (Wildman–Crippen LogP) is 1.33. The fraction of sp³-hybridized carbons (Fsp3) is 0.0769. The normalized spacial score (nSPS) is 10.3. The minimum atomic E-state index is -0.516. The molecule has 0 amide bonds. The van der Waals surface area contributed by atoms with Crippen LogP contribution in [0, 0.1) is 11.3 Å². The quantitative estimate of drug-likeness (QED) is 0.609. The monoisotopic (exact) mass is 254 g/mol. The van der Waals surface area contributed by atoms with Crippen molar-refractivity contribution in [3.05, 3.63) is 47.8 Å². The number of methoxy groups -OCH3 is 1. The molecule has 0 aliphatic carbocycles. The lowest BCUT2D eigenvalue weighted by molar-refractivity contribution is -0.134. The summed E-state index contributed by atoms with van der Waals surface area (Å²) in [7, 11) is 1.28. The number of nitriles is 1. The first-order valence-corrected chi connectivity index (χ1v) is 5.43. The molecule has 0 aliphatic rings. The van der Waals surface area contributed by atoms with Gasteiger partial charge < -0.3 is 4.74 Å². The molecule has 94 valence electrons. The number of ether oxygens (including phenoxy) is 1. The molecule has 0 radical (unpaired) electrons. The lowest BCUT2D eigenvalue weighted by atomic mass is 10.3. The van der Waals surface area contributed by atoms with Crippen molar-refractivity contribution in [2.75, 3.05) is 7.11 Å². The summed E-state index contributed by atoms with van der Waals surface area (Å²) in [6, 6.07) is 11.1. The molecule has 0 N–H and O–H groups in total. The van der Waals surface area contributed by atoms with E-state index in [1.165, 1.54) is 24.1 Å². The molecule has 2 rings (SSSR count). The molecule has 1 aromatic heterocycles. The van der Waals surface area contributed by atoms with Gasteiger partial charge in [-0.1, -0.05) is 18.2 Å². The molecular formula is C13H10N4O2. The number of hydrogen-bond donors (Lipinski definition) is 0. The molecule has 0 unspecified atom stereocenters. The maximum absolute atomic E-state index is 11.0. The van der Waals surface area contributed by atoms with Gasteiger partial charge in [0.15, 0.2) is 5.69 Å². The first kappa shape index (κ1) is 12.5. The fourth-order valence-corrected chi connectivity index (χ4v) is 1.40. The van der Waals surface area contributed by atoms with Crippen molar-refractivity contribution >= 4 is 12.0 Å². The number of esters is 1. The van der Waals surface area contributed by atoms with Crippen LogP contribution in [0.1, 0.15) is 11.4 Å². The molecule has 0 atom stereocenters. The second-order valence-electron chi connectivity index (χ2n) is 3.53. The molecule has 0 bridgehead atoms. The van der Waals surface area contributed by atoms with Crippen LogP contribution in [0.2, 0.25) is 0 Å². The third-order valence-corrected chi connectivity index (χ3v) is 2.31. The van der Waals surface area contributed by atoms with Crippen LogP contribution >= 0.6 is 0 Å². The zero-order valence-corrected chi connectivity index (χ0v) is 10.1. The lowest BCUT2D eigenvalue weighted by Gasteiger charge is -1.96. The molecule has 1 aromatic carbocycles. The Labute approximate surface area is 109 Å². The van der Waals surface area contributed by atoms with E-state index >= 15 is 0 Å². The van der Waals surface area contributed by atoms with E-state index in [9.17, 15) is 4.79 Å². The Morgan fingerprint density at radius 1 is 1.37 bits per heavy atom. The van der Waals surface area contributed by atoms with Crippen LogP contribution in [0.4, 0.5) is 0 Å². The first-order valence-electron chi connectivity index (χ1n) is 5.43. The van der Waals surface area contributed by atoms with E-state index in [0.29, 0.717) is 5.69 Å². The van der Waals surface area contributed by atoms with E-state index in [1.54, 1.807) is 0 Å². The Balaban J connectivity index is 2.36. The van der Waals surface area contributed by atoms with Crippen LogP contribution in [0.3, 0.4) is 0 Å². The second kappa shape index (κ2) is 5.60. The van der Waals surface area contributed by atoms with Crippen LogP contribution in [-0.2, 0) is 9.53 Å². The van der Waals surface area contributed by atoms with E-state index in [2.05, 4.69) is 14.9 Å². The van der Waals surface area contributed by atoms with Gasteiger partial charge in [-0.15, -0.1) is 15.0 Å². The van der Waals surface area contributed by atoms with Crippen molar-refractivity contribution < 1.29 is 9.53 Å². The molecule has 0 saturated heterocycles. The summed E-state index contributed by atoms with van der Waals surface area (Å²) in [6.07, 6.45) is 2.59. The lowest BCUT2D eigenvalue weighted by Crippen LogP contribution is -1.98. The molecule has 0 saturated carbocycles. The van der Waals surface area contributed by atoms with Gasteiger partial charge in [0.25, 0.3) is 0 Å². The largest absolute Gasteiger partial charge is 0.466 e. The van der Waals surface area contributed by atoms with Gasteiger partial charge in [0, 0.05) is 6.08 Å². The zero-order valence-electron chi connectivity index (χ0n) is 10.1. The van der Waals surface area contributed by atoms with E-state index < -0.39 is 5.97 Å². The number of carbonyl (C=O) groups excluding carboxylic acids is 1. The number of nitrogens with zero attached hydrogens (tertiary/aromatic N) is 4. The highest BCUT2D eigenvalue weighted by atomic mass is 16.5.